The van der Waals surface area contributed by atoms with Crippen LogP contribution in [0.4, 0.5) is 0 Å². The normalized spacial score (nSPS) is 29.0. The van der Waals surface area contributed by atoms with Gasteiger partial charge in [-0.2, -0.15) is 0 Å². The molecule has 7 N–H and O–H groups in total. The molecule has 7 heteroatoms. The fraction of sp³-hybridized carbons (Fsp3) is 0.692. The van der Waals surface area contributed by atoms with Gasteiger partial charge in [0.15, 0.2) is 6.29 Å². The largest absolute Gasteiger partial charge is 0.412 e. The van der Waals surface area contributed by atoms with Crippen LogP contribution in [0.3, 0.4) is 0 Å². The molecule has 2 heterocycles. The molecular weight excluding hydrogens is 436 g/mol. The summed E-state index contributed by atoms with van der Waals surface area (Å²) < 4.78 is 0. The molecule has 4 rings (SSSR count). The molecule has 1 fully saturated rings. The maximum Gasteiger partial charge on any atom is 0.153 e. The Labute approximate surface area is 206 Å². The van der Waals surface area contributed by atoms with Crippen LogP contribution < -0.4 is 16.0 Å². The van der Waals surface area contributed by atoms with Crippen LogP contribution >= 0.6 is 11.6 Å². The van der Waals surface area contributed by atoms with Gasteiger partial charge in [-0.25, -0.2) is 0 Å². The first-order chi connectivity index (χ1) is 14.3. The minimum atomic E-state index is 0. The van der Waals surface area contributed by atoms with Gasteiger partial charge >= 0.3 is 0 Å². The maximum atomic E-state index is 6.25. The lowest BCUT2D eigenvalue weighted by Crippen LogP contribution is -2.57. The number of allylic oxidation sites excluding steroid dienone is 7. The summed E-state index contributed by atoms with van der Waals surface area (Å²) in [5, 5.41) is 11.3. The zero-order valence-electron chi connectivity index (χ0n) is 20.0. The number of rotatable bonds is 6. The number of hydrogen-bond acceptors (Lipinski definition) is 4. The minimum absolute atomic E-state index is 0. The van der Waals surface area contributed by atoms with Gasteiger partial charge in [-0.1, -0.05) is 59.4 Å². The lowest BCUT2D eigenvalue weighted by Gasteiger charge is -2.46. The first-order valence-corrected chi connectivity index (χ1v) is 12.2. The standard InChI is InChI=1S/C25H39ClN4.CH4.2H2O/c1-17(2)23(29-24-27-21-7-5-6-8-22(21)28-24)15-30-14-13-20(25(3,4)16-30)18-9-11-19(26)12-10-18;;;/h5,7,9-11,17,19-20,23-24,27-29H,6,8,12-16H2,1-4H3;1H4;2*1H2/t19?,20?,23-,24?;;;/m0.../s1. The topological polar surface area (TPSA) is 102 Å². The highest BCUT2D eigenvalue weighted by Crippen LogP contribution is 2.41. The van der Waals surface area contributed by atoms with E-state index in [9.17, 15) is 0 Å². The molecule has 3 unspecified atom stereocenters. The van der Waals surface area contributed by atoms with Crippen LogP contribution in [-0.4, -0.2) is 53.2 Å². The van der Waals surface area contributed by atoms with E-state index < -0.39 is 0 Å². The van der Waals surface area contributed by atoms with Gasteiger partial charge in [0, 0.05) is 24.8 Å². The zero-order valence-corrected chi connectivity index (χ0v) is 20.8. The van der Waals surface area contributed by atoms with Crippen LogP contribution in [0.5, 0.6) is 0 Å². The summed E-state index contributed by atoms with van der Waals surface area (Å²) in [6.07, 6.45) is 15.9. The van der Waals surface area contributed by atoms with Gasteiger partial charge in [0.1, 0.15) is 0 Å². The van der Waals surface area contributed by atoms with Crippen molar-refractivity contribution in [1.82, 2.24) is 20.9 Å². The molecular formula is C26H47ClN4O2. The molecule has 2 aliphatic carbocycles. The van der Waals surface area contributed by atoms with E-state index in [1.165, 1.54) is 23.4 Å². The van der Waals surface area contributed by atoms with E-state index in [1.54, 1.807) is 0 Å². The highest BCUT2D eigenvalue weighted by atomic mass is 35.5. The van der Waals surface area contributed by atoms with Crippen LogP contribution in [0.2, 0.25) is 0 Å². The summed E-state index contributed by atoms with van der Waals surface area (Å²) in [7, 11) is 0. The molecule has 190 valence electrons. The Hall–Kier alpha value is -1.31. The number of piperidine rings is 1. The SMILES string of the molecule is C.CC(C)[C@H](CN1CCC(C2=CCC(Cl)C=C2)C(C)(C)C1)NC1NC2=C(CCC=C2)N1.O.O. The summed E-state index contributed by atoms with van der Waals surface area (Å²) in [6, 6.07) is 0.443. The van der Waals surface area contributed by atoms with E-state index in [0.29, 0.717) is 17.9 Å². The van der Waals surface area contributed by atoms with Crippen LogP contribution in [0, 0.1) is 17.3 Å². The van der Waals surface area contributed by atoms with E-state index >= 15 is 0 Å². The molecule has 2 aliphatic heterocycles. The van der Waals surface area contributed by atoms with E-state index in [-0.39, 0.29) is 35.5 Å². The van der Waals surface area contributed by atoms with Gasteiger partial charge in [0.25, 0.3) is 0 Å². The van der Waals surface area contributed by atoms with Gasteiger partial charge in [0.2, 0.25) is 0 Å². The quantitative estimate of drug-likeness (QED) is 0.504. The average molecular weight is 483 g/mol. The molecule has 0 amide bonds. The van der Waals surface area contributed by atoms with Gasteiger partial charge in [-0.15, -0.1) is 11.6 Å². The second kappa shape index (κ2) is 12.4. The zero-order chi connectivity index (χ0) is 21.3. The van der Waals surface area contributed by atoms with Crippen LogP contribution in [0.15, 0.2) is 47.3 Å². The number of nitrogens with one attached hydrogen (secondary N) is 3. The van der Waals surface area contributed by atoms with Gasteiger partial charge in [-0.3, -0.25) is 5.32 Å². The molecule has 6 nitrogen and oxygen atoms in total. The number of alkyl halides is 1. The van der Waals surface area contributed by atoms with Crippen molar-refractivity contribution in [2.45, 2.75) is 78.5 Å². The van der Waals surface area contributed by atoms with Crippen LogP contribution in [0.1, 0.15) is 60.8 Å². The van der Waals surface area contributed by atoms with Crippen molar-refractivity contribution >= 4 is 11.6 Å². The molecule has 0 bridgehead atoms. The Bertz CT molecular complexity index is 759. The third kappa shape index (κ3) is 7.09. The molecule has 4 aliphatic rings. The van der Waals surface area contributed by atoms with Gasteiger partial charge < -0.3 is 26.5 Å². The minimum Gasteiger partial charge on any atom is -0.412 e. The first kappa shape index (κ1) is 29.7. The molecule has 0 aromatic rings. The number of hydrogen-bond donors (Lipinski definition) is 3. The summed E-state index contributed by atoms with van der Waals surface area (Å²) in [5.41, 5.74) is 4.38. The first-order valence-electron chi connectivity index (χ1n) is 11.8. The molecule has 0 aromatic heterocycles. The van der Waals surface area contributed by atoms with Crippen LogP contribution in [0.25, 0.3) is 0 Å². The maximum absolute atomic E-state index is 6.25. The smallest absolute Gasteiger partial charge is 0.153 e. The highest BCUT2D eigenvalue weighted by Gasteiger charge is 2.38. The fourth-order valence-electron chi connectivity index (χ4n) is 5.46. The Morgan fingerprint density at radius 2 is 1.97 bits per heavy atom. The Morgan fingerprint density at radius 3 is 2.58 bits per heavy atom. The molecule has 4 atom stereocenters. The molecule has 0 saturated carbocycles. The van der Waals surface area contributed by atoms with Crippen molar-refractivity contribution in [2.75, 3.05) is 19.6 Å². The predicted octanol–water partition coefficient (Wildman–Crippen LogP) is 3.47. The summed E-state index contributed by atoms with van der Waals surface area (Å²) in [4.78, 5) is 2.67. The van der Waals surface area contributed by atoms with Gasteiger partial charge in [-0.05, 0) is 61.1 Å². The van der Waals surface area contributed by atoms with E-state index in [4.69, 9.17) is 11.6 Å². The van der Waals surface area contributed by atoms with Crippen molar-refractivity contribution in [3.8, 4) is 0 Å². The second-order valence-corrected chi connectivity index (χ2v) is 11.0. The number of nitrogens with zero attached hydrogens (tertiary/aromatic N) is 1. The molecule has 0 spiro atoms. The Morgan fingerprint density at radius 1 is 1.21 bits per heavy atom. The highest BCUT2D eigenvalue weighted by molar-refractivity contribution is 6.22. The van der Waals surface area contributed by atoms with Crippen molar-refractivity contribution in [3.05, 3.63) is 47.3 Å². The van der Waals surface area contributed by atoms with Gasteiger partial charge in [0.05, 0.1) is 11.1 Å². The number of halogens is 1. The monoisotopic (exact) mass is 482 g/mol. The summed E-state index contributed by atoms with van der Waals surface area (Å²) in [5.74, 6) is 1.20. The Balaban J connectivity index is 0.00000181. The average Bonchev–Trinajstić information content (AvgIpc) is 3.10. The molecule has 0 aromatic carbocycles. The summed E-state index contributed by atoms with van der Waals surface area (Å²) in [6.45, 7) is 12.9. The lowest BCUT2D eigenvalue weighted by atomic mass is 9.69. The summed E-state index contributed by atoms with van der Waals surface area (Å²) >= 11 is 6.25. The fourth-order valence-corrected chi connectivity index (χ4v) is 5.62. The predicted molar refractivity (Wildman–Crippen MR) is 141 cm³/mol. The molecule has 33 heavy (non-hydrogen) atoms. The van der Waals surface area contributed by atoms with Crippen molar-refractivity contribution in [2.24, 2.45) is 17.3 Å². The van der Waals surface area contributed by atoms with Crippen molar-refractivity contribution in [1.29, 1.82) is 0 Å². The van der Waals surface area contributed by atoms with Crippen LogP contribution in [-0.2, 0) is 0 Å². The molecule has 0 radical (unpaired) electrons. The third-order valence-corrected chi connectivity index (χ3v) is 7.54. The Kier molecular flexibility index (Phi) is 11.2. The third-order valence-electron chi connectivity index (χ3n) is 7.22. The number of likely N-dealkylation sites (tertiary alicyclic amines) is 1. The lowest BCUT2D eigenvalue weighted by molar-refractivity contribution is 0.0610. The molecule has 1 saturated heterocycles. The second-order valence-electron chi connectivity index (χ2n) is 10.5. The van der Waals surface area contributed by atoms with E-state index in [2.05, 4.69) is 78.9 Å². The van der Waals surface area contributed by atoms with Crippen molar-refractivity contribution < 1.29 is 11.0 Å². The van der Waals surface area contributed by atoms with E-state index in [0.717, 1.165) is 38.9 Å². The van der Waals surface area contributed by atoms with E-state index in [1.807, 2.05) is 0 Å². The van der Waals surface area contributed by atoms with Crippen molar-refractivity contribution in [3.63, 3.8) is 0 Å².